The molecular weight excluding hydrogens is 226 g/mol. The maximum Gasteiger partial charge on any atom is 0.270 e. The van der Waals surface area contributed by atoms with Gasteiger partial charge in [-0.25, -0.2) is 0 Å². The second-order valence-corrected chi connectivity index (χ2v) is 4.44. The molecule has 3 nitrogen and oxygen atoms in total. The van der Waals surface area contributed by atoms with Gasteiger partial charge in [0, 0.05) is 12.1 Å². The number of hydrogen-bond donors (Lipinski definition) is 0. The third-order valence-corrected chi connectivity index (χ3v) is 3.25. The lowest BCUT2D eigenvalue weighted by Gasteiger charge is -2.04. The molecule has 18 heavy (non-hydrogen) atoms. The number of nitro benzene ring substituents is 1. The van der Waals surface area contributed by atoms with E-state index in [1.54, 1.807) is 18.2 Å². The summed E-state index contributed by atoms with van der Waals surface area (Å²) >= 11 is 0. The molecule has 0 heterocycles. The lowest BCUT2D eigenvalue weighted by atomic mass is 10.0. The fourth-order valence-corrected chi connectivity index (χ4v) is 2.28. The molecule has 3 aromatic carbocycles. The quantitative estimate of drug-likeness (QED) is 0.361. The smallest absolute Gasteiger partial charge is 0.258 e. The maximum atomic E-state index is 10.8. The number of nitro groups is 1. The van der Waals surface area contributed by atoms with E-state index in [4.69, 9.17) is 0 Å². The van der Waals surface area contributed by atoms with E-state index in [2.05, 4.69) is 12.1 Å². The second kappa shape index (κ2) is 3.81. The van der Waals surface area contributed by atoms with Gasteiger partial charge < -0.3 is 0 Å². The van der Waals surface area contributed by atoms with Gasteiger partial charge in [0.2, 0.25) is 0 Å². The van der Waals surface area contributed by atoms with Crippen molar-refractivity contribution in [2.45, 2.75) is 6.92 Å². The van der Waals surface area contributed by atoms with Crippen molar-refractivity contribution in [3.63, 3.8) is 0 Å². The number of non-ortho nitro benzene ring substituents is 1. The Labute approximate surface area is 104 Å². The molecular formula is C15H11NO2. The standard InChI is InChI=1S/C15H11NO2/c1-10-3-2-4-12-7-11-5-6-14(16(17)18)8-13(11)9-15(10)12/h2-9H,1H3. The average Bonchev–Trinajstić information content (AvgIpc) is 2.36. The van der Waals surface area contributed by atoms with Crippen LogP contribution in [0.3, 0.4) is 0 Å². The molecule has 3 heteroatoms. The maximum absolute atomic E-state index is 10.8. The fraction of sp³-hybridized carbons (Fsp3) is 0.0667. The summed E-state index contributed by atoms with van der Waals surface area (Å²) in [6.45, 7) is 2.05. The van der Waals surface area contributed by atoms with E-state index in [1.165, 1.54) is 5.56 Å². The first-order valence-corrected chi connectivity index (χ1v) is 5.73. The molecule has 0 fully saturated rings. The van der Waals surface area contributed by atoms with E-state index >= 15 is 0 Å². The number of benzene rings is 3. The summed E-state index contributed by atoms with van der Waals surface area (Å²) < 4.78 is 0. The van der Waals surface area contributed by atoms with Crippen molar-refractivity contribution in [3.8, 4) is 0 Å². The molecule has 0 saturated heterocycles. The highest BCUT2D eigenvalue weighted by Gasteiger charge is 2.07. The van der Waals surface area contributed by atoms with Crippen molar-refractivity contribution in [3.05, 3.63) is 64.2 Å². The average molecular weight is 237 g/mol. The molecule has 0 radical (unpaired) electrons. The van der Waals surface area contributed by atoms with Crippen molar-refractivity contribution in [1.29, 1.82) is 0 Å². The summed E-state index contributed by atoms with van der Waals surface area (Å²) in [5.74, 6) is 0. The predicted molar refractivity (Wildman–Crippen MR) is 72.8 cm³/mol. The van der Waals surface area contributed by atoms with Crippen LogP contribution >= 0.6 is 0 Å². The predicted octanol–water partition coefficient (Wildman–Crippen LogP) is 4.21. The first-order chi connectivity index (χ1) is 8.65. The van der Waals surface area contributed by atoms with E-state index in [0.29, 0.717) is 0 Å². The van der Waals surface area contributed by atoms with Gasteiger partial charge in [-0.2, -0.15) is 0 Å². The van der Waals surface area contributed by atoms with Crippen molar-refractivity contribution >= 4 is 27.2 Å². The minimum absolute atomic E-state index is 0.135. The molecule has 0 aliphatic carbocycles. The van der Waals surface area contributed by atoms with E-state index < -0.39 is 0 Å². The number of rotatable bonds is 1. The van der Waals surface area contributed by atoms with Crippen molar-refractivity contribution in [2.24, 2.45) is 0 Å². The van der Waals surface area contributed by atoms with Crippen LogP contribution in [0.2, 0.25) is 0 Å². The van der Waals surface area contributed by atoms with E-state index in [1.807, 2.05) is 25.1 Å². The topological polar surface area (TPSA) is 43.1 Å². The van der Waals surface area contributed by atoms with E-state index in [-0.39, 0.29) is 10.6 Å². The van der Waals surface area contributed by atoms with Crippen molar-refractivity contribution < 1.29 is 4.92 Å². The van der Waals surface area contributed by atoms with Crippen LogP contribution < -0.4 is 0 Å². The summed E-state index contributed by atoms with van der Waals surface area (Å²) in [7, 11) is 0. The molecule has 0 atom stereocenters. The summed E-state index contributed by atoms with van der Waals surface area (Å²) in [4.78, 5) is 10.4. The molecule has 88 valence electrons. The molecule has 0 aliphatic heterocycles. The first kappa shape index (κ1) is 10.7. The Balaban J connectivity index is 2.39. The van der Waals surface area contributed by atoms with Gasteiger partial charge in [0.15, 0.2) is 0 Å². The molecule has 0 bridgehead atoms. The minimum Gasteiger partial charge on any atom is -0.258 e. The van der Waals surface area contributed by atoms with Gasteiger partial charge in [-0.3, -0.25) is 10.1 Å². The number of nitrogens with zero attached hydrogens (tertiary/aromatic N) is 1. The van der Waals surface area contributed by atoms with Crippen LogP contribution in [0.4, 0.5) is 5.69 Å². The summed E-state index contributed by atoms with van der Waals surface area (Å²) in [5.41, 5.74) is 1.32. The lowest BCUT2D eigenvalue weighted by Crippen LogP contribution is -1.87. The first-order valence-electron chi connectivity index (χ1n) is 5.73. The van der Waals surface area contributed by atoms with Gasteiger partial charge >= 0.3 is 0 Å². The molecule has 0 aliphatic rings. The number of hydrogen-bond acceptors (Lipinski definition) is 2. The van der Waals surface area contributed by atoms with Gasteiger partial charge in [0.1, 0.15) is 0 Å². The fourth-order valence-electron chi connectivity index (χ4n) is 2.28. The van der Waals surface area contributed by atoms with Crippen LogP contribution in [-0.4, -0.2) is 4.92 Å². The Morgan fingerprint density at radius 2 is 1.78 bits per heavy atom. The molecule has 0 saturated carbocycles. The highest BCUT2D eigenvalue weighted by Crippen LogP contribution is 2.27. The molecule has 3 rings (SSSR count). The summed E-state index contributed by atoms with van der Waals surface area (Å²) in [6.07, 6.45) is 0. The van der Waals surface area contributed by atoms with Crippen LogP contribution in [0.25, 0.3) is 21.5 Å². The van der Waals surface area contributed by atoms with Gasteiger partial charge in [0.25, 0.3) is 5.69 Å². The molecule has 3 aromatic rings. The zero-order valence-electron chi connectivity index (χ0n) is 9.88. The summed E-state index contributed by atoms with van der Waals surface area (Å²) in [5, 5.41) is 15.0. The highest BCUT2D eigenvalue weighted by atomic mass is 16.6. The third-order valence-electron chi connectivity index (χ3n) is 3.25. The summed E-state index contributed by atoms with van der Waals surface area (Å²) in [6, 6.07) is 15.2. The monoisotopic (exact) mass is 237 g/mol. The Morgan fingerprint density at radius 3 is 2.56 bits per heavy atom. The molecule has 0 amide bonds. The Kier molecular flexibility index (Phi) is 2.27. The third kappa shape index (κ3) is 1.61. The Hall–Kier alpha value is -2.42. The van der Waals surface area contributed by atoms with Crippen LogP contribution in [-0.2, 0) is 0 Å². The van der Waals surface area contributed by atoms with Gasteiger partial charge in [-0.1, -0.05) is 18.2 Å². The second-order valence-electron chi connectivity index (χ2n) is 4.44. The largest absolute Gasteiger partial charge is 0.270 e. The van der Waals surface area contributed by atoms with Crippen molar-refractivity contribution in [2.75, 3.05) is 0 Å². The van der Waals surface area contributed by atoms with Gasteiger partial charge in [-0.05, 0) is 52.2 Å². The van der Waals surface area contributed by atoms with Crippen molar-refractivity contribution in [1.82, 2.24) is 0 Å². The zero-order valence-corrected chi connectivity index (χ0v) is 9.88. The Morgan fingerprint density at radius 1 is 0.944 bits per heavy atom. The number of fused-ring (bicyclic) bond motifs is 2. The lowest BCUT2D eigenvalue weighted by molar-refractivity contribution is -0.384. The minimum atomic E-state index is -0.360. The van der Waals surface area contributed by atoms with E-state index in [0.717, 1.165) is 21.5 Å². The van der Waals surface area contributed by atoms with Crippen LogP contribution in [0.5, 0.6) is 0 Å². The molecule has 0 aromatic heterocycles. The molecule has 0 spiro atoms. The van der Waals surface area contributed by atoms with Gasteiger partial charge in [0.05, 0.1) is 4.92 Å². The molecule has 0 N–H and O–H groups in total. The van der Waals surface area contributed by atoms with E-state index in [9.17, 15) is 10.1 Å². The molecule has 0 unspecified atom stereocenters. The Bertz CT molecular complexity index is 778. The normalized spacial score (nSPS) is 10.9. The zero-order chi connectivity index (χ0) is 12.7. The number of aryl methyl sites for hydroxylation is 1. The van der Waals surface area contributed by atoms with Gasteiger partial charge in [-0.15, -0.1) is 0 Å². The highest BCUT2D eigenvalue weighted by molar-refractivity contribution is 6.00. The SMILES string of the molecule is Cc1cccc2cc3ccc([N+](=O)[O-])cc3cc12. The van der Waals surface area contributed by atoms with Crippen LogP contribution in [0.1, 0.15) is 5.56 Å². The van der Waals surface area contributed by atoms with Crippen LogP contribution in [0, 0.1) is 17.0 Å². The van der Waals surface area contributed by atoms with Crippen LogP contribution in [0.15, 0.2) is 48.5 Å².